The molecule has 0 aromatic carbocycles. The Balaban J connectivity index is 1.84. The van der Waals surface area contributed by atoms with Crippen LogP contribution < -0.4 is 0 Å². The van der Waals surface area contributed by atoms with E-state index in [1.807, 2.05) is 19.1 Å². The summed E-state index contributed by atoms with van der Waals surface area (Å²) in [6, 6.07) is 0. The Morgan fingerprint density at radius 2 is 2.25 bits per heavy atom. The van der Waals surface area contributed by atoms with Crippen molar-refractivity contribution in [3.05, 3.63) is 34.9 Å². The molecule has 1 fully saturated rings. The van der Waals surface area contributed by atoms with Gasteiger partial charge in [-0.1, -0.05) is 19.1 Å². The molecule has 1 N–H and O–H groups in total. The SMILES string of the molecule is [2H]C1([2H])C[C@H]2[C@@H]3CCC4=CC(=O)CCC4=C3C=C[C@]2(C)[C@@]1([2H])O. The van der Waals surface area contributed by atoms with E-state index in [-0.39, 0.29) is 24.0 Å². The predicted octanol–water partition coefficient (Wildman–Crippen LogP) is 3.33. The Morgan fingerprint density at radius 1 is 1.40 bits per heavy atom. The maximum atomic E-state index is 11.7. The molecular formula is C18H22O2. The molecule has 0 heterocycles. The van der Waals surface area contributed by atoms with Gasteiger partial charge in [0.05, 0.1) is 7.45 Å². The van der Waals surface area contributed by atoms with Crippen LogP contribution in [-0.4, -0.2) is 17.0 Å². The van der Waals surface area contributed by atoms with Gasteiger partial charge in [-0.15, -0.1) is 0 Å². The minimum Gasteiger partial charge on any atom is -0.392 e. The van der Waals surface area contributed by atoms with Gasteiger partial charge in [-0.3, -0.25) is 4.79 Å². The van der Waals surface area contributed by atoms with E-state index in [1.165, 1.54) is 11.1 Å². The van der Waals surface area contributed by atoms with Gasteiger partial charge in [-0.25, -0.2) is 0 Å². The van der Waals surface area contributed by atoms with Crippen LogP contribution in [0.4, 0.5) is 0 Å². The summed E-state index contributed by atoms with van der Waals surface area (Å²) >= 11 is 0. The van der Waals surface area contributed by atoms with Crippen molar-refractivity contribution in [3.63, 3.8) is 0 Å². The number of rotatable bonds is 0. The molecule has 0 unspecified atom stereocenters. The van der Waals surface area contributed by atoms with Crippen LogP contribution in [0, 0.1) is 17.3 Å². The Hall–Kier alpha value is -1.15. The highest BCUT2D eigenvalue weighted by molar-refractivity contribution is 5.93. The molecule has 20 heavy (non-hydrogen) atoms. The number of ketones is 1. The van der Waals surface area contributed by atoms with Crippen LogP contribution in [0.2, 0.25) is 0 Å². The molecular weight excluding hydrogens is 248 g/mol. The first kappa shape index (κ1) is 9.73. The van der Waals surface area contributed by atoms with Gasteiger partial charge in [-0.2, -0.15) is 0 Å². The van der Waals surface area contributed by atoms with Crippen LogP contribution in [0.3, 0.4) is 0 Å². The first-order chi connectivity index (χ1) is 10.7. The summed E-state index contributed by atoms with van der Waals surface area (Å²) in [5.41, 5.74) is 2.74. The molecule has 0 amide bonds. The molecule has 0 spiro atoms. The smallest absolute Gasteiger partial charge is 0.156 e. The molecule has 0 radical (unpaired) electrons. The number of allylic oxidation sites excluding steroid dienone is 5. The quantitative estimate of drug-likeness (QED) is 0.735. The molecule has 4 rings (SSSR count). The van der Waals surface area contributed by atoms with Crippen LogP contribution >= 0.6 is 0 Å². The van der Waals surface area contributed by atoms with Crippen LogP contribution in [-0.2, 0) is 4.79 Å². The molecule has 4 aliphatic carbocycles. The van der Waals surface area contributed by atoms with E-state index in [4.69, 9.17) is 4.11 Å². The lowest BCUT2D eigenvalue weighted by Crippen LogP contribution is -2.39. The summed E-state index contributed by atoms with van der Waals surface area (Å²) in [5.74, 6) is 0.316. The predicted molar refractivity (Wildman–Crippen MR) is 78.1 cm³/mol. The first-order valence-electron chi connectivity index (χ1n) is 9.06. The van der Waals surface area contributed by atoms with Gasteiger partial charge in [0.1, 0.15) is 0 Å². The minimum atomic E-state index is -2.10. The van der Waals surface area contributed by atoms with E-state index in [2.05, 4.69) is 0 Å². The average Bonchev–Trinajstić information content (AvgIpc) is 2.62. The normalized spacial score (nSPS) is 51.4. The monoisotopic (exact) mass is 273 g/mol. The molecule has 4 aliphatic rings. The van der Waals surface area contributed by atoms with Crippen LogP contribution in [0.5, 0.6) is 0 Å². The third kappa shape index (κ3) is 1.57. The third-order valence-corrected chi connectivity index (χ3v) is 5.68. The van der Waals surface area contributed by atoms with Gasteiger partial charge >= 0.3 is 0 Å². The largest absolute Gasteiger partial charge is 0.392 e. The number of hydrogen-bond donors (Lipinski definition) is 1. The Kier molecular flexibility index (Phi) is 2.03. The van der Waals surface area contributed by atoms with Gasteiger partial charge in [0, 0.05) is 14.6 Å². The number of carbonyl (C=O) groups excluding carboxylic acids is 1. The zero-order chi connectivity index (χ0) is 16.6. The number of fused-ring (bicyclic) bond motifs is 4. The van der Waals surface area contributed by atoms with Crippen LogP contribution in [0.25, 0.3) is 0 Å². The minimum absolute atomic E-state index is 0.0633. The lowest BCUT2D eigenvalue weighted by Gasteiger charge is -2.44. The second kappa shape index (κ2) is 4.17. The third-order valence-electron chi connectivity index (χ3n) is 5.68. The summed E-state index contributed by atoms with van der Waals surface area (Å²) in [7, 11) is 0. The van der Waals surface area contributed by atoms with Crippen molar-refractivity contribution in [2.75, 3.05) is 0 Å². The van der Waals surface area contributed by atoms with Crippen molar-refractivity contribution in [1.82, 2.24) is 0 Å². The van der Waals surface area contributed by atoms with Gasteiger partial charge in [0.2, 0.25) is 0 Å². The highest BCUT2D eigenvalue weighted by Crippen LogP contribution is 2.57. The van der Waals surface area contributed by atoms with Crippen molar-refractivity contribution in [3.8, 4) is 0 Å². The Bertz CT molecular complexity index is 686. The second-order valence-corrected chi connectivity index (χ2v) is 6.67. The molecule has 0 aliphatic heterocycles. The Morgan fingerprint density at radius 3 is 3.10 bits per heavy atom. The van der Waals surface area contributed by atoms with Crippen molar-refractivity contribution in [2.45, 2.75) is 51.5 Å². The molecule has 0 aromatic rings. The van der Waals surface area contributed by atoms with Gasteiger partial charge in [0.25, 0.3) is 0 Å². The maximum absolute atomic E-state index is 11.7. The van der Waals surface area contributed by atoms with Crippen LogP contribution in [0.15, 0.2) is 34.9 Å². The molecule has 0 bridgehead atoms. The number of hydrogen-bond acceptors (Lipinski definition) is 2. The maximum Gasteiger partial charge on any atom is 0.156 e. The molecule has 106 valence electrons. The number of aliphatic hydroxyl groups is 1. The molecule has 2 heteroatoms. The fourth-order valence-corrected chi connectivity index (χ4v) is 4.46. The highest BCUT2D eigenvalue weighted by Gasteiger charge is 2.51. The van der Waals surface area contributed by atoms with Gasteiger partial charge < -0.3 is 5.11 Å². The fourth-order valence-electron chi connectivity index (χ4n) is 4.46. The summed E-state index contributed by atoms with van der Waals surface area (Å²) in [6.07, 6.45) is 4.87. The fraction of sp³-hybridized carbons (Fsp3) is 0.611. The van der Waals surface area contributed by atoms with Gasteiger partial charge in [-0.05, 0) is 66.7 Å². The van der Waals surface area contributed by atoms with E-state index < -0.39 is 17.9 Å². The summed E-state index contributed by atoms with van der Waals surface area (Å²) in [4.78, 5) is 11.7. The van der Waals surface area contributed by atoms with Crippen molar-refractivity contribution < 1.29 is 14.0 Å². The standard InChI is InChI=1S/C18H22O2/c1-18-9-8-14-13-5-3-12(19)10-11(13)2-4-15(14)16(18)6-7-17(18)20/h8-10,15-17,20H,2-7H2,1H3/t15-,16+,17+,18+/m1/s1/i7D2,17D. The average molecular weight is 273 g/mol. The second-order valence-electron chi connectivity index (χ2n) is 6.67. The molecule has 0 aromatic heterocycles. The summed E-state index contributed by atoms with van der Waals surface area (Å²) in [5, 5.41) is 10.6. The van der Waals surface area contributed by atoms with Crippen molar-refractivity contribution in [1.29, 1.82) is 0 Å². The van der Waals surface area contributed by atoms with Crippen molar-refractivity contribution in [2.24, 2.45) is 17.3 Å². The zero-order valence-corrected chi connectivity index (χ0v) is 11.8. The molecule has 2 nitrogen and oxygen atoms in total. The topological polar surface area (TPSA) is 37.3 Å². The molecule has 4 atom stereocenters. The molecule has 0 saturated heterocycles. The van der Waals surface area contributed by atoms with E-state index in [1.54, 1.807) is 6.08 Å². The molecule has 1 saturated carbocycles. The lowest BCUT2D eigenvalue weighted by molar-refractivity contribution is -0.114. The van der Waals surface area contributed by atoms with E-state index in [0.717, 1.165) is 24.8 Å². The summed E-state index contributed by atoms with van der Waals surface area (Å²) < 4.78 is 24.6. The lowest BCUT2D eigenvalue weighted by atomic mass is 9.60. The number of carbonyl (C=O) groups is 1. The van der Waals surface area contributed by atoms with Crippen LogP contribution in [0.1, 0.15) is 49.5 Å². The summed E-state index contributed by atoms with van der Waals surface area (Å²) in [6.45, 7) is 1.82. The Labute approximate surface area is 124 Å². The van der Waals surface area contributed by atoms with E-state index in [0.29, 0.717) is 6.42 Å². The van der Waals surface area contributed by atoms with E-state index >= 15 is 0 Å². The van der Waals surface area contributed by atoms with E-state index in [9.17, 15) is 9.90 Å². The van der Waals surface area contributed by atoms with Crippen molar-refractivity contribution >= 4 is 5.78 Å². The first-order valence-corrected chi connectivity index (χ1v) is 7.56. The highest BCUT2D eigenvalue weighted by atomic mass is 16.3. The zero-order valence-electron chi connectivity index (χ0n) is 14.8. The van der Waals surface area contributed by atoms with Gasteiger partial charge in [0.15, 0.2) is 5.78 Å².